The fourth-order valence-electron chi connectivity index (χ4n) is 1.39. The summed E-state index contributed by atoms with van der Waals surface area (Å²) < 4.78 is 10.00. The minimum Gasteiger partial charge on any atom is -0.260 e. The molecule has 0 aliphatic heterocycles. The van der Waals surface area contributed by atoms with Gasteiger partial charge in [0, 0.05) is 49.4 Å². The van der Waals surface area contributed by atoms with Gasteiger partial charge in [0.25, 0.3) is 0 Å². The highest BCUT2D eigenvalue weighted by Gasteiger charge is 1.95. The van der Waals surface area contributed by atoms with Crippen molar-refractivity contribution in [2.75, 3.05) is 12.5 Å². The van der Waals surface area contributed by atoms with E-state index in [0.717, 1.165) is 11.3 Å². The van der Waals surface area contributed by atoms with Crippen molar-refractivity contribution in [3.05, 3.63) is 58.1 Å². The topological polar surface area (TPSA) is 42.9 Å². The van der Waals surface area contributed by atoms with Crippen LogP contribution >= 0.6 is 69.8 Å². The van der Waals surface area contributed by atoms with E-state index in [2.05, 4.69) is 16.2 Å². The van der Waals surface area contributed by atoms with Crippen LogP contribution in [0, 0.1) is 0 Å². The van der Waals surface area contributed by atoms with Crippen molar-refractivity contribution < 1.29 is 4.21 Å². The molecule has 0 fully saturated rings. The highest BCUT2D eigenvalue weighted by Crippen LogP contribution is 2.10. The second-order valence-corrected chi connectivity index (χ2v) is 9.43. The Hall–Kier alpha value is 0.315. The van der Waals surface area contributed by atoms with E-state index in [9.17, 15) is 4.21 Å². The molecular formula is C16H21BCl5N2OS2. The molecule has 2 aromatic heterocycles. The van der Waals surface area contributed by atoms with Gasteiger partial charge in [-0.2, -0.15) is 11.8 Å². The van der Waals surface area contributed by atoms with Gasteiger partial charge in [-0.15, -0.1) is 0 Å². The molecule has 0 saturated carbocycles. The molecule has 2 aromatic rings. The van der Waals surface area contributed by atoms with Crippen LogP contribution in [0.2, 0.25) is 10.3 Å². The van der Waals surface area contributed by atoms with Gasteiger partial charge in [0.2, 0.25) is 0 Å². The van der Waals surface area contributed by atoms with Gasteiger partial charge in [-0.05, 0) is 29.5 Å². The van der Waals surface area contributed by atoms with Gasteiger partial charge in [-0.1, -0.05) is 77.6 Å². The third-order valence-electron chi connectivity index (χ3n) is 2.26. The highest BCUT2D eigenvalue weighted by molar-refractivity contribution is 7.97. The van der Waals surface area contributed by atoms with Crippen molar-refractivity contribution >= 4 is 89.0 Å². The van der Waals surface area contributed by atoms with Crippen LogP contribution in [0.5, 0.6) is 0 Å². The van der Waals surface area contributed by atoms with Crippen LogP contribution < -0.4 is 0 Å². The first-order valence-electron chi connectivity index (χ1n) is 6.66. The Labute approximate surface area is 195 Å². The first-order chi connectivity index (χ1) is 11.7. The minimum atomic E-state index is -0.806. The number of rotatable bonds is 4. The molecule has 2 heterocycles. The third-order valence-corrected chi connectivity index (χ3v) is 4.07. The Morgan fingerprint density at radius 3 is 1.70 bits per heavy atom. The lowest BCUT2D eigenvalue weighted by Crippen LogP contribution is -1.92. The summed E-state index contributed by atoms with van der Waals surface area (Å²) >= 11 is 27.3. The Morgan fingerprint density at radius 2 is 1.41 bits per heavy atom. The Bertz CT molecular complexity index is 616. The lowest BCUT2D eigenvalue weighted by atomic mass is 10.3. The molecule has 0 saturated heterocycles. The smallest absolute Gasteiger partial charge is 0.180 e. The van der Waals surface area contributed by atoms with E-state index in [1.165, 1.54) is 5.56 Å². The Kier molecular flexibility index (Phi) is 23.3. The third kappa shape index (κ3) is 20.9. The molecule has 0 amide bonds. The van der Waals surface area contributed by atoms with Crippen LogP contribution in [0.15, 0.2) is 36.7 Å². The van der Waals surface area contributed by atoms with Gasteiger partial charge in [0.1, 0.15) is 10.3 Å². The number of pyridine rings is 2. The zero-order valence-corrected chi connectivity index (χ0v) is 19.5. The molecule has 0 N–H and O–H groups in total. The van der Waals surface area contributed by atoms with E-state index in [4.69, 9.17) is 58.0 Å². The van der Waals surface area contributed by atoms with E-state index >= 15 is 0 Å². The predicted octanol–water partition coefficient (Wildman–Crippen LogP) is 6.45. The SMILES string of the molecule is C.CS(=O)Cc1ccc(Cl)nc1.CSCc1ccc(Cl)nc1.ClC(Cl)Cl.[B]. The van der Waals surface area contributed by atoms with Crippen LogP contribution in [0.4, 0.5) is 0 Å². The largest absolute Gasteiger partial charge is 0.260 e. The summed E-state index contributed by atoms with van der Waals surface area (Å²) in [6, 6.07) is 7.33. The molecule has 151 valence electrons. The summed E-state index contributed by atoms with van der Waals surface area (Å²) in [5, 5.41) is 1.03. The maximum atomic E-state index is 10.7. The first-order valence-corrected chi connectivity index (χ1v) is 11.8. The van der Waals surface area contributed by atoms with Gasteiger partial charge in [-0.3, -0.25) is 4.21 Å². The van der Waals surface area contributed by atoms with Crippen molar-refractivity contribution in [3.8, 4) is 0 Å². The van der Waals surface area contributed by atoms with Crippen LogP contribution in [-0.4, -0.2) is 39.4 Å². The summed E-state index contributed by atoms with van der Waals surface area (Å²) in [7, 11) is -0.806. The summed E-state index contributed by atoms with van der Waals surface area (Å²) in [5.41, 5.74) is 2.17. The fraction of sp³-hybridized carbons (Fsp3) is 0.375. The molecule has 1 atom stereocenters. The second-order valence-electron chi connectivity index (χ2n) is 4.38. The van der Waals surface area contributed by atoms with Crippen molar-refractivity contribution in [2.24, 2.45) is 0 Å². The summed E-state index contributed by atoms with van der Waals surface area (Å²) in [6.45, 7) is 0. The number of nitrogens with zero attached hydrogens (tertiary/aromatic N) is 2. The average molecular weight is 510 g/mol. The zero-order chi connectivity index (χ0) is 19.2. The number of aromatic nitrogens is 2. The van der Waals surface area contributed by atoms with Crippen molar-refractivity contribution in [2.45, 2.75) is 23.2 Å². The normalized spacial score (nSPS) is 10.2. The maximum Gasteiger partial charge on any atom is 0.180 e. The number of alkyl halides is 3. The van der Waals surface area contributed by atoms with Gasteiger partial charge in [-0.25, -0.2) is 9.97 Å². The number of thioether (sulfide) groups is 1. The molecule has 0 bridgehead atoms. The summed E-state index contributed by atoms with van der Waals surface area (Å²) in [6.07, 6.45) is 7.17. The summed E-state index contributed by atoms with van der Waals surface area (Å²) in [5.74, 6) is 1.55. The van der Waals surface area contributed by atoms with Gasteiger partial charge in [0.15, 0.2) is 4.30 Å². The van der Waals surface area contributed by atoms with E-state index in [-0.39, 0.29) is 15.8 Å². The maximum absolute atomic E-state index is 10.7. The molecule has 0 aliphatic carbocycles. The predicted molar refractivity (Wildman–Crippen MR) is 127 cm³/mol. The number of halogens is 5. The molecule has 2 rings (SSSR count). The molecule has 1 unspecified atom stereocenters. The molecule has 27 heavy (non-hydrogen) atoms. The molecule has 0 aromatic carbocycles. The number of hydrogen-bond donors (Lipinski definition) is 0. The van der Waals surface area contributed by atoms with Crippen LogP contribution in [-0.2, 0) is 22.3 Å². The van der Waals surface area contributed by atoms with Crippen molar-refractivity contribution in [1.29, 1.82) is 0 Å². The average Bonchev–Trinajstić information content (AvgIpc) is 2.52. The van der Waals surface area contributed by atoms with Crippen molar-refractivity contribution in [1.82, 2.24) is 9.97 Å². The zero-order valence-electron chi connectivity index (χ0n) is 14.0. The van der Waals surface area contributed by atoms with Crippen LogP contribution in [0.25, 0.3) is 0 Å². The highest BCUT2D eigenvalue weighted by atomic mass is 35.6. The Balaban J connectivity index is -0.000000337. The molecule has 11 heteroatoms. The second kappa shape index (κ2) is 19.6. The first kappa shape index (κ1) is 32.0. The lowest BCUT2D eigenvalue weighted by Gasteiger charge is -1.95. The van der Waals surface area contributed by atoms with E-state index in [1.807, 2.05) is 18.2 Å². The minimum absolute atomic E-state index is 0. The quantitative estimate of drug-likeness (QED) is 0.270. The van der Waals surface area contributed by atoms with Gasteiger partial charge in [0.05, 0.1) is 0 Å². The fourth-order valence-corrected chi connectivity index (χ4v) is 2.75. The van der Waals surface area contributed by atoms with E-state index in [1.54, 1.807) is 36.5 Å². The van der Waals surface area contributed by atoms with Crippen LogP contribution in [0.1, 0.15) is 18.6 Å². The standard InChI is InChI=1S/C7H8ClNOS.C7H8ClNS.CHCl3.CH4.B/c1-11(10)5-6-2-3-7(8)9-4-6;1-10-5-6-2-3-7(8)9-4-6;2-1(3)4;;/h2-4H,5H2,1H3;2-4H,5H2,1H3;1H;1H4;. The lowest BCUT2D eigenvalue weighted by molar-refractivity contribution is 0.686. The molecule has 0 spiro atoms. The van der Waals surface area contributed by atoms with Gasteiger partial charge < -0.3 is 0 Å². The molecule has 0 aliphatic rings. The van der Waals surface area contributed by atoms with Gasteiger partial charge >= 0.3 is 0 Å². The summed E-state index contributed by atoms with van der Waals surface area (Å²) in [4.78, 5) is 7.81. The van der Waals surface area contributed by atoms with E-state index < -0.39 is 15.1 Å². The van der Waals surface area contributed by atoms with Crippen molar-refractivity contribution in [3.63, 3.8) is 0 Å². The van der Waals surface area contributed by atoms with Crippen LogP contribution in [0.3, 0.4) is 0 Å². The number of hydrogen-bond acceptors (Lipinski definition) is 4. The van der Waals surface area contributed by atoms with E-state index in [0.29, 0.717) is 16.1 Å². The molecule has 3 radical (unpaired) electrons. The monoisotopic (exact) mass is 507 g/mol. The Morgan fingerprint density at radius 1 is 1.00 bits per heavy atom. The molecule has 3 nitrogen and oxygen atoms in total. The molecular weight excluding hydrogens is 488 g/mol.